The summed E-state index contributed by atoms with van der Waals surface area (Å²) >= 11 is 0. The van der Waals surface area contributed by atoms with E-state index in [1.807, 2.05) is 0 Å². The first-order valence-corrected chi connectivity index (χ1v) is 6.64. The quantitative estimate of drug-likeness (QED) is 0.709. The van der Waals surface area contributed by atoms with E-state index in [0.717, 1.165) is 29.9 Å². The SMILES string of the molecule is CCOC(=O)Cn1ncc(N2CCC(OC)C2)cc1=O. The van der Waals surface area contributed by atoms with Gasteiger partial charge in [0.2, 0.25) is 0 Å². The third kappa shape index (κ3) is 3.36. The highest BCUT2D eigenvalue weighted by Crippen LogP contribution is 2.19. The van der Waals surface area contributed by atoms with E-state index in [2.05, 4.69) is 10.00 Å². The number of methoxy groups -OCH3 is 1. The molecule has 1 fully saturated rings. The molecule has 0 aliphatic carbocycles. The summed E-state index contributed by atoms with van der Waals surface area (Å²) in [4.78, 5) is 25.3. The Balaban J connectivity index is 2.06. The lowest BCUT2D eigenvalue weighted by Gasteiger charge is -2.17. The summed E-state index contributed by atoms with van der Waals surface area (Å²) in [6, 6.07) is 1.49. The molecule has 7 heteroatoms. The molecule has 1 atom stereocenters. The smallest absolute Gasteiger partial charge is 0.327 e. The minimum absolute atomic E-state index is 0.159. The van der Waals surface area contributed by atoms with Crippen LogP contribution in [-0.4, -0.2) is 48.7 Å². The Kier molecular flexibility index (Phi) is 4.73. The molecule has 2 rings (SSSR count). The molecule has 1 aromatic rings. The molecular formula is C13H19N3O4. The first-order chi connectivity index (χ1) is 9.63. The lowest BCUT2D eigenvalue weighted by Crippen LogP contribution is -2.30. The molecule has 1 aliphatic heterocycles. The van der Waals surface area contributed by atoms with Crippen molar-refractivity contribution in [2.45, 2.75) is 26.0 Å². The summed E-state index contributed by atoms with van der Waals surface area (Å²) in [5.41, 5.74) is 0.450. The van der Waals surface area contributed by atoms with Crippen LogP contribution in [0.4, 0.5) is 5.69 Å². The van der Waals surface area contributed by atoms with Gasteiger partial charge >= 0.3 is 5.97 Å². The van der Waals surface area contributed by atoms with Gasteiger partial charge in [-0.3, -0.25) is 9.59 Å². The number of esters is 1. The van der Waals surface area contributed by atoms with Crippen molar-refractivity contribution in [2.24, 2.45) is 0 Å². The highest BCUT2D eigenvalue weighted by Gasteiger charge is 2.23. The van der Waals surface area contributed by atoms with Crippen molar-refractivity contribution < 1.29 is 14.3 Å². The minimum Gasteiger partial charge on any atom is -0.465 e. The van der Waals surface area contributed by atoms with Crippen LogP contribution in [0.5, 0.6) is 0 Å². The van der Waals surface area contributed by atoms with E-state index in [-0.39, 0.29) is 24.8 Å². The van der Waals surface area contributed by atoms with Gasteiger partial charge < -0.3 is 14.4 Å². The molecule has 0 aromatic carbocycles. The highest BCUT2D eigenvalue weighted by atomic mass is 16.5. The molecule has 1 saturated heterocycles. The first-order valence-electron chi connectivity index (χ1n) is 6.64. The normalized spacial score (nSPS) is 18.3. The lowest BCUT2D eigenvalue weighted by molar-refractivity contribution is -0.144. The molecule has 7 nitrogen and oxygen atoms in total. The van der Waals surface area contributed by atoms with E-state index in [1.165, 1.54) is 6.07 Å². The number of carbonyl (C=O) groups is 1. The fourth-order valence-electron chi connectivity index (χ4n) is 2.20. The Bertz CT molecular complexity index is 529. The van der Waals surface area contributed by atoms with Gasteiger partial charge in [-0.2, -0.15) is 5.10 Å². The van der Waals surface area contributed by atoms with Gasteiger partial charge in [0.25, 0.3) is 5.56 Å². The number of carbonyl (C=O) groups excluding carboxylic acids is 1. The maximum Gasteiger partial charge on any atom is 0.327 e. The van der Waals surface area contributed by atoms with E-state index in [1.54, 1.807) is 20.2 Å². The lowest BCUT2D eigenvalue weighted by atomic mass is 10.3. The van der Waals surface area contributed by atoms with Gasteiger partial charge in [-0.1, -0.05) is 0 Å². The molecule has 0 radical (unpaired) electrons. The second kappa shape index (κ2) is 6.51. The Labute approximate surface area is 117 Å². The largest absolute Gasteiger partial charge is 0.465 e. The van der Waals surface area contributed by atoms with Crippen LogP contribution in [0, 0.1) is 0 Å². The van der Waals surface area contributed by atoms with Crippen molar-refractivity contribution in [2.75, 3.05) is 31.7 Å². The number of rotatable bonds is 5. The van der Waals surface area contributed by atoms with Gasteiger partial charge in [-0.05, 0) is 13.3 Å². The standard InChI is InChI=1S/C13H19N3O4/c1-3-20-13(18)9-16-12(17)6-10(7-14-16)15-5-4-11(8-15)19-2/h6-7,11H,3-5,8-9H2,1-2H3. The Morgan fingerprint density at radius 1 is 1.55 bits per heavy atom. The average molecular weight is 281 g/mol. The van der Waals surface area contributed by atoms with Gasteiger partial charge in [-0.15, -0.1) is 0 Å². The average Bonchev–Trinajstić information content (AvgIpc) is 2.90. The van der Waals surface area contributed by atoms with E-state index in [0.29, 0.717) is 0 Å². The summed E-state index contributed by atoms with van der Waals surface area (Å²) in [6.07, 6.45) is 2.72. The van der Waals surface area contributed by atoms with Crippen molar-refractivity contribution >= 4 is 11.7 Å². The van der Waals surface area contributed by atoms with Gasteiger partial charge in [0.15, 0.2) is 0 Å². The molecule has 1 aromatic heterocycles. The summed E-state index contributed by atoms with van der Waals surface area (Å²) in [5.74, 6) is -0.463. The minimum atomic E-state index is -0.463. The number of hydrogen-bond donors (Lipinski definition) is 0. The van der Waals surface area contributed by atoms with Crippen molar-refractivity contribution in [1.82, 2.24) is 9.78 Å². The number of anilines is 1. The zero-order valence-electron chi connectivity index (χ0n) is 11.7. The molecule has 0 bridgehead atoms. The monoisotopic (exact) mass is 281 g/mol. The van der Waals surface area contributed by atoms with Gasteiger partial charge in [0, 0.05) is 26.3 Å². The van der Waals surface area contributed by atoms with Crippen LogP contribution in [0.1, 0.15) is 13.3 Å². The van der Waals surface area contributed by atoms with E-state index in [4.69, 9.17) is 9.47 Å². The fraction of sp³-hybridized carbons (Fsp3) is 0.615. The number of ether oxygens (including phenoxy) is 2. The van der Waals surface area contributed by atoms with Crippen molar-refractivity contribution in [1.29, 1.82) is 0 Å². The summed E-state index contributed by atoms with van der Waals surface area (Å²) in [7, 11) is 1.68. The van der Waals surface area contributed by atoms with Crippen LogP contribution in [0.2, 0.25) is 0 Å². The van der Waals surface area contributed by atoms with Crippen LogP contribution < -0.4 is 10.5 Å². The van der Waals surface area contributed by atoms with Gasteiger partial charge in [-0.25, -0.2) is 4.68 Å². The Morgan fingerprint density at radius 2 is 2.35 bits per heavy atom. The number of hydrogen-bond acceptors (Lipinski definition) is 6. The highest BCUT2D eigenvalue weighted by molar-refractivity contribution is 5.69. The zero-order valence-corrected chi connectivity index (χ0v) is 11.7. The molecule has 0 saturated carbocycles. The summed E-state index contributed by atoms with van der Waals surface area (Å²) in [6.45, 7) is 3.43. The zero-order chi connectivity index (χ0) is 14.5. The number of nitrogens with zero attached hydrogens (tertiary/aromatic N) is 3. The van der Waals surface area contributed by atoms with Gasteiger partial charge in [0.05, 0.1) is 24.6 Å². The summed E-state index contributed by atoms with van der Waals surface area (Å²) < 4.78 is 11.2. The Morgan fingerprint density at radius 3 is 2.95 bits per heavy atom. The van der Waals surface area contributed by atoms with Crippen molar-refractivity contribution in [3.8, 4) is 0 Å². The number of aromatic nitrogens is 2. The molecule has 0 spiro atoms. The predicted molar refractivity (Wildman–Crippen MR) is 72.8 cm³/mol. The molecule has 0 amide bonds. The second-order valence-corrected chi connectivity index (χ2v) is 4.61. The van der Waals surface area contributed by atoms with Gasteiger partial charge in [0.1, 0.15) is 6.54 Å². The molecule has 0 N–H and O–H groups in total. The van der Waals surface area contributed by atoms with E-state index >= 15 is 0 Å². The molecule has 1 unspecified atom stereocenters. The first kappa shape index (κ1) is 14.5. The van der Waals surface area contributed by atoms with Crippen LogP contribution >= 0.6 is 0 Å². The van der Waals surface area contributed by atoms with Crippen LogP contribution in [0.3, 0.4) is 0 Å². The maximum absolute atomic E-state index is 11.9. The van der Waals surface area contributed by atoms with Crippen molar-refractivity contribution in [3.63, 3.8) is 0 Å². The molecular weight excluding hydrogens is 262 g/mol. The third-order valence-corrected chi connectivity index (χ3v) is 3.28. The summed E-state index contributed by atoms with van der Waals surface area (Å²) in [5, 5.41) is 4.02. The molecule has 1 aliphatic rings. The Hall–Kier alpha value is -1.89. The van der Waals surface area contributed by atoms with Crippen molar-refractivity contribution in [3.05, 3.63) is 22.6 Å². The van der Waals surface area contributed by atoms with Crippen LogP contribution in [0.15, 0.2) is 17.1 Å². The predicted octanol–water partition coefficient (Wildman–Crippen LogP) is 0.0315. The van der Waals surface area contributed by atoms with E-state index in [9.17, 15) is 9.59 Å². The van der Waals surface area contributed by atoms with E-state index < -0.39 is 5.97 Å². The fourth-order valence-corrected chi connectivity index (χ4v) is 2.20. The molecule has 20 heavy (non-hydrogen) atoms. The molecule has 110 valence electrons. The second-order valence-electron chi connectivity index (χ2n) is 4.61. The third-order valence-electron chi connectivity index (χ3n) is 3.28. The maximum atomic E-state index is 11.9. The van der Waals surface area contributed by atoms with Crippen LogP contribution in [-0.2, 0) is 20.8 Å². The topological polar surface area (TPSA) is 73.7 Å². The molecule has 2 heterocycles. The van der Waals surface area contributed by atoms with Crippen LogP contribution in [0.25, 0.3) is 0 Å².